The van der Waals surface area contributed by atoms with E-state index < -0.39 is 5.97 Å². The average Bonchev–Trinajstić information content (AvgIpc) is 3.20. The van der Waals surface area contributed by atoms with Crippen molar-refractivity contribution in [1.82, 2.24) is 5.32 Å². The highest BCUT2D eigenvalue weighted by Gasteiger charge is 2.14. The van der Waals surface area contributed by atoms with Gasteiger partial charge in [0.2, 0.25) is 5.91 Å². The minimum absolute atomic E-state index is 0.0499. The lowest BCUT2D eigenvalue weighted by atomic mass is 10.0. The molecule has 0 heterocycles. The second-order valence-corrected chi connectivity index (χ2v) is 16.3. The molecule has 1 atom stereocenters. The van der Waals surface area contributed by atoms with E-state index in [-0.39, 0.29) is 24.5 Å². The molecule has 0 rings (SSSR count). The van der Waals surface area contributed by atoms with Crippen LogP contribution in [-0.2, 0) is 19.1 Å². The number of carbonyl (C=O) groups excluding carboxylic acids is 2. The molecule has 0 spiro atoms. The number of amides is 1. The van der Waals surface area contributed by atoms with Gasteiger partial charge in [0, 0.05) is 12.8 Å². The van der Waals surface area contributed by atoms with Crippen molar-refractivity contribution >= 4 is 17.8 Å². The van der Waals surface area contributed by atoms with E-state index >= 15 is 0 Å². The zero-order valence-corrected chi connectivity index (χ0v) is 37.4. The zero-order valence-electron chi connectivity index (χ0n) is 37.4. The highest BCUT2D eigenvalue weighted by molar-refractivity contribution is 5.80. The average molecular weight is 798 g/mol. The summed E-state index contributed by atoms with van der Waals surface area (Å²) < 4.78 is 6.01. The molecule has 0 radical (unpaired) electrons. The van der Waals surface area contributed by atoms with E-state index in [1.54, 1.807) is 0 Å². The molecule has 0 aromatic carbocycles. The second-order valence-electron chi connectivity index (χ2n) is 16.3. The Morgan fingerprint density at radius 1 is 0.474 bits per heavy atom. The van der Waals surface area contributed by atoms with Gasteiger partial charge in [-0.1, -0.05) is 217 Å². The van der Waals surface area contributed by atoms with Gasteiger partial charge >= 0.3 is 11.9 Å². The summed E-state index contributed by atoms with van der Waals surface area (Å²) in [5.41, 5.74) is 0. The number of carboxylic acids is 1. The van der Waals surface area contributed by atoms with E-state index in [2.05, 4.69) is 67.8 Å². The maximum absolute atomic E-state index is 12.8. The quantitative estimate of drug-likeness (QED) is 0.0364. The molecule has 57 heavy (non-hydrogen) atoms. The lowest BCUT2D eigenvalue weighted by Gasteiger charge is -2.17. The molecule has 0 aliphatic carbocycles. The molecule has 1 unspecified atom stereocenters. The molecule has 0 fully saturated rings. The first kappa shape index (κ1) is 54.4. The molecule has 0 aliphatic rings. The fraction of sp³-hybridized carbons (Fsp3) is 0.784. The highest BCUT2D eigenvalue weighted by Crippen LogP contribution is 2.18. The van der Waals surface area contributed by atoms with E-state index in [1.165, 1.54) is 128 Å². The molecular formula is C51H91NO5. The number of carbonyl (C=O) groups is 3. The van der Waals surface area contributed by atoms with Gasteiger partial charge in [0.1, 0.15) is 12.6 Å². The third kappa shape index (κ3) is 45.9. The molecule has 0 saturated heterocycles. The van der Waals surface area contributed by atoms with Gasteiger partial charge in [0.15, 0.2) is 0 Å². The van der Waals surface area contributed by atoms with Crippen LogP contribution >= 0.6 is 0 Å². The standard InChI is InChI=1S/C51H91NO5/c1-3-5-7-9-11-13-15-17-18-19-20-21-22-23-24-25-27-29-31-33-38-42-46-51(56)57-48(44-40-36-34-37-41-45-49(53)52-47-50(54)55)43-39-35-32-30-28-26-16-14-12-10-8-6-4-2/h6,8,12,14,26,28,32,35,48H,3-5,7,9-11,13,15-25,27,29-31,33-34,36-47H2,1-2H3,(H,52,53)(H,54,55)/b8-6-,14-12-,28-26-,35-32-. The van der Waals surface area contributed by atoms with Crippen molar-refractivity contribution in [3.8, 4) is 0 Å². The third-order valence-electron chi connectivity index (χ3n) is 10.8. The van der Waals surface area contributed by atoms with Gasteiger partial charge in [-0.15, -0.1) is 0 Å². The van der Waals surface area contributed by atoms with Crippen LogP contribution in [0.15, 0.2) is 48.6 Å². The van der Waals surface area contributed by atoms with E-state index in [4.69, 9.17) is 9.84 Å². The second kappa shape index (κ2) is 46.1. The molecular weight excluding hydrogens is 707 g/mol. The minimum Gasteiger partial charge on any atom is -0.480 e. The number of aliphatic carboxylic acids is 1. The lowest BCUT2D eigenvalue weighted by molar-refractivity contribution is -0.150. The van der Waals surface area contributed by atoms with Crippen molar-refractivity contribution < 1.29 is 24.2 Å². The summed E-state index contributed by atoms with van der Waals surface area (Å²) in [5, 5.41) is 11.1. The summed E-state index contributed by atoms with van der Waals surface area (Å²) >= 11 is 0. The van der Waals surface area contributed by atoms with Gasteiger partial charge in [-0.25, -0.2) is 0 Å². The number of hydrogen-bond acceptors (Lipinski definition) is 4. The topological polar surface area (TPSA) is 92.7 Å². The number of nitrogens with one attached hydrogen (secondary N) is 1. The number of ether oxygens (including phenoxy) is 1. The number of unbranched alkanes of at least 4 members (excludes halogenated alkanes) is 25. The Kier molecular flexibility index (Phi) is 43.9. The van der Waals surface area contributed by atoms with Crippen LogP contribution < -0.4 is 5.32 Å². The Balaban J connectivity index is 4.10. The maximum Gasteiger partial charge on any atom is 0.322 e. The van der Waals surface area contributed by atoms with Crippen LogP contribution in [-0.4, -0.2) is 35.6 Å². The Morgan fingerprint density at radius 2 is 0.860 bits per heavy atom. The van der Waals surface area contributed by atoms with Gasteiger partial charge in [-0.3, -0.25) is 14.4 Å². The molecule has 0 aromatic rings. The first-order valence-corrected chi connectivity index (χ1v) is 24.3. The molecule has 0 aromatic heterocycles. The Bertz CT molecular complexity index is 1020. The molecule has 0 aliphatic heterocycles. The Morgan fingerprint density at radius 3 is 1.30 bits per heavy atom. The smallest absolute Gasteiger partial charge is 0.322 e. The molecule has 1 amide bonds. The first-order chi connectivity index (χ1) is 28.0. The summed E-state index contributed by atoms with van der Waals surface area (Å²) in [5.74, 6) is -1.27. The number of allylic oxidation sites excluding steroid dienone is 8. The number of esters is 1. The molecule has 2 N–H and O–H groups in total. The molecule has 0 saturated carbocycles. The predicted molar refractivity (Wildman–Crippen MR) is 245 cm³/mol. The monoisotopic (exact) mass is 798 g/mol. The lowest BCUT2D eigenvalue weighted by Crippen LogP contribution is -2.28. The number of carboxylic acid groups (broad SMARTS) is 1. The molecule has 0 bridgehead atoms. The van der Waals surface area contributed by atoms with Crippen LogP contribution in [0.3, 0.4) is 0 Å². The maximum atomic E-state index is 12.8. The Hall–Kier alpha value is -2.63. The van der Waals surface area contributed by atoms with Crippen molar-refractivity contribution in [3.63, 3.8) is 0 Å². The van der Waals surface area contributed by atoms with Gasteiger partial charge < -0.3 is 15.2 Å². The summed E-state index contributed by atoms with van der Waals surface area (Å²) in [4.78, 5) is 35.1. The van der Waals surface area contributed by atoms with Crippen molar-refractivity contribution in [3.05, 3.63) is 48.6 Å². The summed E-state index contributed by atoms with van der Waals surface area (Å²) in [7, 11) is 0. The third-order valence-corrected chi connectivity index (χ3v) is 10.8. The van der Waals surface area contributed by atoms with E-state index in [0.29, 0.717) is 12.8 Å². The summed E-state index contributed by atoms with van der Waals surface area (Å²) in [6.45, 7) is 4.12. The van der Waals surface area contributed by atoms with Crippen LogP contribution in [0.5, 0.6) is 0 Å². The van der Waals surface area contributed by atoms with Crippen LogP contribution in [0.2, 0.25) is 0 Å². The zero-order chi connectivity index (χ0) is 41.5. The van der Waals surface area contributed by atoms with Crippen molar-refractivity contribution in [2.24, 2.45) is 0 Å². The highest BCUT2D eigenvalue weighted by atomic mass is 16.5. The van der Waals surface area contributed by atoms with Crippen LogP contribution in [0.4, 0.5) is 0 Å². The van der Waals surface area contributed by atoms with Gasteiger partial charge in [-0.05, 0) is 64.2 Å². The van der Waals surface area contributed by atoms with E-state index in [0.717, 1.165) is 89.9 Å². The van der Waals surface area contributed by atoms with Crippen LogP contribution in [0.25, 0.3) is 0 Å². The van der Waals surface area contributed by atoms with Crippen LogP contribution in [0.1, 0.15) is 245 Å². The largest absolute Gasteiger partial charge is 0.480 e. The van der Waals surface area contributed by atoms with Gasteiger partial charge in [-0.2, -0.15) is 0 Å². The van der Waals surface area contributed by atoms with Crippen molar-refractivity contribution in [1.29, 1.82) is 0 Å². The van der Waals surface area contributed by atoms with Gasteiger partial charge in [0.25, 0.3) is 0 Å². The first-order valence-electron chi connectivity index (χ1n) is 24.3. The van der Waals surface area contributed by atoms with Gasteiger partial charge in [0.05, 0.1) is 0 Å². The van der Waals surface area contributed by atoms with E-state index in [1.807, 2.05) is 0 Å². The fourth-order valence-electron chi connectivity index (χ4n) is 7.22. The Labute approximate surface area is 352 Å². The summed E-state index contributed by atoms with van der Waals surface area (Å²) in [6, 6.07) is 0. The fourth-order valence-corrected chi connectivity index (χ4v) is 7.22. The summed E-state index contributed by atoms with van der Waals surface area (Å²) in [6.07, 6.45) is 59.8. The predicted octanol–water partition coefficient (Wildman–Crippen LogP) is 15.4. The SMILES string of the molecule is CC/C=C\C/C=C\C/C=C\C/C=C\CCC(CCCCCCCC(=O)NCC(=O)O)OC(=O)CCCCCCCCCCCCCCCCCCCCCCCC. The number of hydrogen-bond donors (Lipinski definition) is 2. The number of rotatable bonds is 44. The normalized spacial score (nSPS) is 12.5. The van der Waals surface area contributed by atoms with E-state index in [9.17, 15) is 14.4 Å². The molecule has 330 valence electrons. The molecule has 6 nitrogen and oxygen atoms in total. The molecule has 6 heteroatoms. The van der Waals surface area contributed by atoms with Crippen molar-refractivity contribution in [2.75, 3.05) is 6.54 Å². The van der Waals surface area contributed by atoms with Crippen LogP contribution in [0, 0.1) is 0 Å². The van der Waals surface area contributed by atoms with Crippen molar-refractivity contribution in [2.45, 2.75) is 251 Å². The minimum atomic E-state index is -1.02.